The molecule has 3 heterocycles. The molecule has 0 aromatic carbocycles. The zero-order valence-electron chi connectivity index (χ0n) is 10.1. The van der Waals surface area contributed by atoms with Crippen LogP contribution in [0.3, 0.4) is 0 Å². The number of hydrogen-bond donors (Lipinski definition) is 0. The number of pyridine rings is 1. The van der Waals surface area contributed by atoms with Crippen molar-refractivity contribution in [3.05, 3.63) is 47.3 Å². The molecule has 0 saturated heterocycles. The first kappa shape index (κ1) is 11.9. The van der Waals surface area contributed by atoms with Crippen LogP contribution in [0.15, 0.2) is 35.1 Å². The van der Waals surface area contributed by atoms with Gasteiger partial charge < -0.3 is 4.42 Å². The van der Waals surface area contributed by atoms with Gasteiger partial charge in [0, 0.05) is 24.2 Å². The van der Waals surface area contributed by atoms with Crippen LogP contribution in [0.2, 0.25) is 5.02 Å². The second kappa shape index (κ2) is 4.81. The lowest BCUT2D eigenvalue weighted by molar-refractivity contribution is 0.473. The van der Waals surface area contributed by atoms with Gasteiger partial charge in [0.05, 0.1) is 10.7 Å². The average Bonchev–Trinajstić information content (AvgIpc) is 2.99. The maximum absolute atomic E-state index is 5.94. The van der Waals surface area contributed by atoms with E-state index in [0.717, 1.165) is 11.3 Å². The van der Waals surface area contributed by atoms with Crippen LogP contribution in [-0.4, -0.2) is 25.0 Å². The van der Waals surface area contributed by atoms with E-state index >= 15 is 0 Å². The predicted molar refractivity (Wildman–Crippen MR) is 68.6 cm³/mol. The summed E-state index contributed by atoms with van der Waals surface area (Å²) in [7, 11) is 0. The van der Waals surface area contributed by atoms with Crippen LogP contribution >= 0.6 is 11.6 Å². The van der Waals surface area contributed by atoms with E-state index in [2.05, 4.69) is 20.3 Å². The first-order valence-corrected chi connectivity index (χ1v) is 6.02. The summed E-state index contributed by atoms with van der Waals surface area (Å²) in [5, 5.41) is 12.8. The Kier molecular flexibility index (Phi) is 3.00. The number of rotatable bonds is 3. The lowest BCUT2D eigenvalue weighted by atomic mass is 10.3. The van der Waals surface area contributed by atoms with Crippen molar-refractivity contribution in [3.8, 4) is 11.5 Å². The van der Waals surface area contributed by atoms with Gasteiger partial charge in [0.2, 0.25) is 11.8 Å². The van der Waals surface area contributed by atoms with Crippen LogP contribution in [0.25, 0.3) is 11.5 Å². The molecule has 3 aromatic rings. The highest BCUT2D eigenvalue weighted by Gasteiger charge is 2.10. The molecule has 0 fully saturated rings. The molecule has 96 valence electrons. The van der Waals surface area contributed by atoms with E-state index in [4.69, 9.17) is 16.0 Å². The molecule has 0 saturated carbocycles. The van der Waals surface area contributed by atoms with E-state index in [1.165, 1.54) is 0 Å². The summed E-state index contributed by atoms with van der Waals surface area (Å²) in [4.78, 5) is 3.94. The van der Waals surface area contributed by atoms with Crippen LogP contribution < -0.4 is 0 Å². The van der Waals surface area contributed by atoms with E-state index < -0.39 is 0 Å². The summed E-state index contributed by atoms with van der Waals surface area (Å²) in [5.74, 6) is 0.943. The normalized spacial score (nSPS) is 10.8. The second-order valence-corrected chi connectivity index (χ2v) is 4.40. The predicted octanol–water partition coefficient (Wildman–Crippen LogP) is 2.34. The zero-order chi connectivity index (χ0) is 13.2. The van der Waals surface area contributed by atoms with Gasteiger partial charge in [0.1, 0.15) is 6.54 Å². The van der Waals surface area contributed by atoms with E-state index in [1.54, 1.807) is 23.3 Å². The van der Waals surface area contributed by atoms with Gasteiger partial charge in [-0.1, -0.05) is 11.6 Å². The van der Waals surface area contributed by atoms with Crippen molar-refractivity contribution >= 4 is 11.6 Å². The minimum Gasteiger partial charge on any atom is -0.419 e. The molecule has 0 aliphatic carbocycles. The van der Waals surface area contributed by atoms with Crippen molar-refractivity contribution in [1.29, 1.82) is 0 Å². The Hall–Kier alpha value is -2.21. The Labute approximate surface area is 114 Å². The van der Waals surface area contributed by atoms with Gasteiger partial charge in [-0.25, -0.2) is 0 Å². The minimum absolute atomic E-state index is 0.394. The third kappa shape index (κ3) is 2.48. The fraction of sp³-hybridized carbons (Fsp3) is 0.167. The summed E-state index contributed by atoms with van der Waals surface area (Å²) in [5.41, 5.74) is 1.61. The molecule has 19 heavy (non-hydrogen) atoms. The summed E-state index contributed by atoms with van der Waals surface area (Å²) in [6.45, 7) is 2.24. The molecule has 0 radical (unpaired) electrons. The molecule has 0 N–H and O–H groups in total. The molecule has 6 nitrogen and oxygen atoms in total. The molecular weight excluding hydrogens is 266 g/mol. The number of halogens is 1. The second-order valence-electron chi connectivity index (χ2n) is 4.00. The zero-order valence-corrected chi connectivity index (χ0v) is 10.9. The van der Waals surface area contributed by atoms with E-state index in [-0.39, 0.29) is 0 Å². The monoisotopic (exact) mass is 275 g/mol. The van der Waals surface area contributed by atoms with Crippen molar-refractivity contribution in [1.82, 2.24) is 25.0 Å². The molecule has 3 rings (SSSR count). The largest absolute Gasteiger partial charge is 0.419 e. The topological polar surface area (TPSA) is 69.6 Å². The lowest BCUT2D eigenvalue weighted by Gasteiger charge is -1.95. The van der Waals surface area contributed by atoms with Crippen LogP contribution in [0.5, 0.6) is 0 Å². The quantitative estimate of drug-likeness (QED) is 0.734. The number of aromatic nitrogens is 5. The summed E-state index contributed by atoms with van der Waals surface area (Å²) >= 11 is 5.94. The highest BCUT2D eigenvalue weighted by Crippen LogP contribution is 2.17. The number of nitrogens with zero attached hydrogens (tertiary/aromatic N) is 5. The first-order chi connectivity index (χ1) is 9.22. The molecular formula is C12H10ClN5O. The van der Waals surface area contributed by atoms with E-state index in [0.29, 0.717) is 23.3 Å². The van der Waals surface area contributed by atoms with Crippen LogP contribution in [0, 0.1) is 6.92 Å². The Morgan fingerprint density at radius 1 is 1.26 bits per heavy atom. The molecule has 0 spiro atoms. The van der Waals surface area contributed by atoms with Crippen LogP contribution in [-0.2, 0) is 6.54 Å². The average molecular weight is 276 g/mol. The van der Waals surface area contributed by atoms with Gasteiger partial charge >= 0.3 is 0 Å². The smallest absolute Gasteiger partial charge is 0.247 e. The molecule has 0 bridgehead atoms. The highest BCUT2D eigenvalue weighted by atomic mass is 35.5. The highest BCUT2D eigenvalue weighted by molar-refractivity contribution is 6.31. The fourth-order valence-corrected chi connectivity index (χ4v) is 1.79. The maximum Gasteiger partial charge on any atom is 0.247 e. The van der Waals surface area contributed by atoms with Gasteiger partial charge in [-0.2, -0.15) is 5.10 Å². The van der Waals surface area contributed by atoms with Gasteiger partial charge in [-0.3, -0.25) is 9.67 Å². The van der Waals surface area contributed by atoms with Gasteiger partial charge in [0.15, 0.2) is 0 Å². The van der Waals surface area contributed by atoms with Crippen molar-refractivity contribution in [2.24, 2.45) is 0 Å². The summed E-state index contributed by atoms with van der Waals surface area (Å²) in [6, 6.07) is 3.62. The number of aryl methyl sites for hydroxylation is 1. The SMILES string of the molecule is Cc1nn(Cc2nnc(-c3ccncc3)o2)cc1Cl. The Morgan fingerprint density at radius 3 is 2.74 bits per heavy atom. The third-order valence-corrected chi connectivity index (χ3v) is 2.95. The van der Waals surface area contributed by atoms with Crippen molar-refractivity contribution in [3.63, 3.8) is 0 Å². The van der Waals surface area contributed by atoms with Gasteiger partial charge in [-0.05, 0) is 19.1 Å². The van der Waals surface area contributed by atoms with Crippen molar-refractivity contribution < 1.29 is 4.42 Å². The van der Waals surface area contributed by atoms with E-state index in [9.17, 15) is 0 Å². The lowest BCUT2D eigenvalue weighted by Crippen LogP contribution is -2.00. The van der Waals surface area contributed by atoms with Crippen LogP contribution in [0.1, 0.15) is 11.6 Å². The Balaban J connectivity index is 1.82. The first-order valence-electron chi connectivity index (χ1n) is 5.65. The van der Waals surface area contributed by atoms with Crippen molar-refractivity contribution in [2.45, 2.75) is 13.5 Å². The minimum atomic E-state index is 0.394. The molecule has 0 atom stereocenters. The van der Waals surface area contributed by atoms with E-state index in [1.807, 2.05) is 19.1 Å². The maximum atomic E-state index is 5.94. The molecule has 0 aliphatic heterocycles. The summed E-state index contributed by atoms with van der Waals surface area (Å²) < 4.78 is 7.24. The Bertz CT molecular complexity index is 672. The van der Waals surface area contributed by atoms with Gasteiger partial charge in [0.25, 0.3) is 0 Å². The molecule has 0 aliphatic rings. The Morgan fingerprint density at radius 2 is 2.05 bits per heavy atom. The molecule has 0 unspecified atom stereocenters. The molecule has 3 aromatic heterocycles. The molecule has 0 amide bonds. The number of hydrogen-bond acceptors (Lipinski definition) is 5. The molecule has 7 heteroatoms. The van der Waals surface area contributed by atoms with Crippen LogP contribution in [0.4, 0.5) is 0 Å². The van der Waals surface area contributed by atoms with Crippen molar-refractivity contribution in [2.75, 3.05) is 0 Å². The third-order valence-electron chi connectivity index (χ3n) is 2.58. The van der Waals surface area contributed by atoms with Gasteiger partial charge in [-0.15, -0.1) is 10.2 Å². The standard InChI is InChI=1S/C12H10ClN5O/c1-8-10(13)6-18(17-8)7-11-15-16-12(19-11)9-2-4-14-5-3-9/h2-6H,7H2,1H3. The summed E-state index contributed by atoms with van der Waals surface area (Å²) in [6.07, 6.45) is 5.08. The fourth-order valence-electron chi connectivity index (χ4n) is 1.64.